The monoisotopic (exact) mass is 2140 g/mol. The molecule has 48 nitrogen and oxygen atoms in total. The second-order valence-corrected chi connectivity index (χ2v) is 34.0. The lowest BCUT2D eigenvalue weighted by molar-refractivity contribution is -0.142. The zero-order valence-corrected chi connectivity index (χ0v) is 83.4. The number of carboxylic acid groups (broad SMARTS) is 7. The zero-order chi connectivity index (χ0) is 103. The van der Waals surface area contributed by atoms with Crippen molar-refractivity contribution in [1.82, 2.24) is 62.1 Å². The van der Waals surface area contributed by atoms with Gasteiger partial charge < -0.3 is 147 Å². The van der Waals surface area contributed by atoms with E-state index in [2.05, 4.69) is 92.7 Å². The van der Waals surface area contributed by atoms with E-state index in [9.17, 15) is 93.0 Å². The number of carbonyl (C=O) groups is 13. The number of aliphatic imine (C=N–C) groups is 1. The number of nitrogens with one attached hydrogen (secondary N) is 10. The van der Waals surface area contributed by atoms with Crippen molar-refractivity contribution in [3.63, 3.8) is 0 Å². The third-order valence-corrected chi connectivity index (χ3v) is 21.9. The number of unbranched alkanes of at least 4 members (excludes halogenated alkanes) is 3. The highest BCUT2D eigenvalue weighted by molar-refractivity contribution is 14.1. The molecule has 796 valence electrons. The van der Waals surface area contributed by atoms with Gasteiger partial charge in [0.1, 0.15) is 30.4 Å². The molecule has 8 amide bonds. The number of urea groups is 2. The molecule has 1 fully saturated rings. The average molecular weight is 2140 g/mol. The topological polar surface area (TPSA) is 649 Å². The molecule has 0 radical (unpaired) electrons. The van der Waals surface area contributed by atoms with Gasteiger partial charge in [-0.15, -0.1) is 0 Å². The molecule has 19 N–H and O–H groups in total. The Hall–Kier alpha value is -10.7. The summed E-state index contributed by atoms with van der Waals surface area (Å²) < 4.78 is 62.7. The molecule has 1 saturated heterocycles. The first-order valence-electron chi connectivity index (χ1n) is 47.3. The number of benzene rings is 3. The molecule has 142 heavy (non-hydrogen) atoms. The van der Waals surface area contributed by atoms with Gasteiger partial charge in [-0.25, -0.2) is 19.2 Å². The Morgan fingerprint density at radius 1 is 0.415 bits per heavy atom. The number of hydrazone groups is 1. The third-order valence-electron chi connectivity index (χ3n) is 20.9. The number of rotatable bonds is 80. The van der Waals surface area contributed by atoms with Crippen LogP contribution in [0.2, 0.25) is 0 Å². The molecule has 0 bridgehead atoms. The van der Waals surface area contributed by atoms with Crippen molar-refractivity contribution >= 4 is 141 Å². The maximum atomic E-state index is 13.7. The highest BCUT2D eigenvalue weighted by Gasteiger charge is 2.30. The molecule has 0 spiro atoms. The number of hydrogen-bond acceptors (Lipinski definition) is 32. The number of hydrogen-bond donors (Lipinski definition) is 18. The van der Waals surface area contributed by atoms with Gasteiger partial charge in [-0.2, -0.15) is 5.10 Å². The van der Waals surface area contributed by atoms with Crippen LogP contribution in [0.3, 0.4) is 0 Å². The standard InChI is InChI=1S/C92H144IN17O31S/c93-71-20-16-68(17-21-71)9-7-15-79(111)96-26-4-2-13-76(88(125)126)104-81(113)25-38-132-42-46-136-49-51-138-53-55-140-57-58-141-56-54-139-52-50-137-48-44-134-40-30-97-87(124)75(12-1-6-28-99-92(142)102-72-22-18-69(19-23-72)59-74-63-109(66-85(120)121)34-33-107(64-83(116)117)31-32-108(65-84(118)119)35-36-110(74)67-86(122)123)103-80(112)24-37-131-41-45-135-47-43-133-39-29-95-61-78(106-94)70-10-8-11-73(60-70)101-90(129)98-27-5-3-14-77(89(127)128)105-91(130)100-62-82(114)115/h8,10-11,16-23,60-61,74-77H,1-7,9,12-15,24-59,62-67,94H2,(H,96,111)(H,97,124)(H,103,112)(H,104,113)(H,114,115)(H,116,117)(H,118,119)(H,120,121)(H,122,123)(H,125,126)(H,127,128)(H2,98,101,129)(H2,99,102,142)(H2,100,105,130)/t74?,75-,76-,77-/m0/s1. The minimum atomic E-state index is -1.29. The summed E-state index contributed by atoms with van der Waals surface area (Å²) in [6, 6.07) is 16.8. The third kappa shape index (κ3) is 64.8. The highest BCUT2D eigenvalue weighted by atomic mass is 127. The van der Waals surface area contributed by atoms with Crippen LogP contribution in [-0.2, 0) is 118 Å². The van der Waals surface area contributed by atoms with Crippen LogP contribution in [0.25, 0.3) is 0 Å². The number of halogens is 1. The summed E-state index contributed by atoms with van der Waals surface area (Å²) in [6.45, 7) is 6.05. The van der Waals surface area contributed by atoms with Gasteiger partial charge in [0, 0.05) is 124 Å². The lowest BCUT2D eigenvalue weighted by atomic mass is 10.0. The normalized spacial score (nSPS) is 14.2. The van der Waals surface area contributed by atoms with Gasteiger partial charge in [-0.3, -0.25) is 67.7 Å². The molecule has 0 aliphatic carbocycles. The van der Waals surface area contributed by atoms with Crippen molar-refractivity contribution in [2.24, 2.45) is 15.9 Å². The molecule has 0 aromatic heterocycles. The van der Waals surface area contributed by atoms with E-state index >= 15 is 0 Å². The Balaban J connectivity index is 1.11. The maximum absolute atomic E-state index is 13.7. The Bertz CT molecular complexity index is 4240. The smallest absolute Gasteiger partial charge is 0.326 e. The lowest BCUT2D eigenvalue weighted by Crippen LogP contribution is -2.53. The van der Waals surface area contributed by atoms with Crippen molar-refractivity contribution in [2.75, 3.05) is 267 Å². The van der Waals surface area contributed by atoms with Crippen LogP contribution in [0, 0.1) is 3.57 Å². The van der Waals surface area contributed by atoms with E-state index in [0.717, 1.165) is 22.0 Å². The van der Waals surface area contributed by atoms with Gasteiger partial charge in [-0.1, -0.05) is 36.4 Å². The molecule has 4 atom stereocenters. The number of amides is 8. The number of carboxylic acids is 7. The molecular weight excluding hydrogens is 2000 g/mol. The van der Waals surface area contributed by atoms with Crippen molar-refractivity contribution in [1.29, 1.82) is 0 Å². The fourth-order valence-corrected chi connectivity index (χ4v) is 14.3. The molecule has 3 aromatic carbocycles. The molecule has 0 saturated carbocycles. The van der Waals surface area contributed by atoms with Gasteiger partial charge >= 0.3 is 53.8 Å². The molecule has 4 rings (SSSR count). The summed E-state index contributed by atoms with van der Waals surface area (Å²) in [5.41, 5.74) is 3.86. The molecule has 50 heteroatoms. The zero-order valence-electron chi connectivity index (χ0n) is 80.5. The van der Waals surface area contributed by atoms with Gasteiger partial charge in [-0.05, 0) is 159 Å². The quantitative estimate of drug-likeness (QED) is 0.00943. The van der Waals surface area contributed by atoms with E-state index in [1.807, 2.05) is 29.6 Å². The number of aryl methyl sites for hydroxylation is 1. The van der Waals surface area contributed by atoms with Crippen LogP contribution in [0.4, 0.5) is 21.0 Å². The van der Waals surface area contributed by atoms with Gasteiger partial charge in [0.15, 0.2) is 5.11 Å². The largest absolute Gasteiger partial charge is 0.480 e. The predicted octanol–water partition coefficient (Wildman–Crippen LogP) is 1.22. The number of nitrogens with two attached hydrogens (primary N) is 1. The fourth-order valence-electron chi connectivity index (χ4n) is 13.7. The van der Waals surface area contributed by atoms with E-state index in [4.69, 9.17) is 75.3 Å². The number of thiocarbonyl (C=S) groups is 1. The number of anilines is 2. The summed E-state index contributed by atoms with van der Waals surface area (Å²) in [7, 11) is 0. The van der Waals surface area contributed by atoms with E-state index in [-0.39, 0.29) is 202 Å². The summed E-state index contributed by atoms with van der Waals surface area (Å²) >= 11 is 7.88. The van der Waals surface area contributed by atoms with Crippen LogP contribution in [0.15, 0.2) is 82.9 Å². The molecule has 1 aliphatic rings. The molecule has 1 heterocycles. The molecular formula is C92H144IN17O31S. The van der Waals surface area contributed by atoms with E-state index < -0.39 is 115 Å². The van der Waals surface area contributed by atoms with Crippen LogP contribution in [0.5, 0.6) is 0 Å². The summed E-state index contributed by atoms with van der Waals surface area (Å²) in [5, 5.41) is 98.1. The minimum Gasteiger partial charge on any atom is -0.480 e. The van der Waals surface area contributed by atoms with Gasteiger partial charge in [0.25, 0.3) is 0 Å². The first-order valence-corrected chi connectivity index (χ1v) is 48.8. The first-order chi connectivity index (χ1) is 68.5. The second kappa shape index (κ2) is 78.8. The Labute approximate surface area is 845 Å². The van der Waals surface area contributed by atoms with Crippen LogP contribution in [0.1, 0.15) is 100 Å². The Kier molecular flexibility index (Phi) is 68.6. The van der Waals surface area contributed by atoms with E-state index in [1.165, 1.54) is 11.8 Å². The SMILES string of the molecule is NN=C(C=NCCOCCOCCOCCC(=O)N[C@@H](CCCCNC(=S)Nc1ccc(CC2CN(CC(=O)O)CCN(CC(=O)O)CCN(CC(=O)O)CCN2CC(=O)O)cc1)C(=O)NCCOCCOCCOCCOCCOCCOCCOCCOCCC(=O)N[C@@H](CCCCNC(=O)CCCc1ccc(I)cc1)C(=O)O)c1cccc(NC(=O)NCCCC[C@H](NC(=O)NCC(=O)O)C(=O)O)c1. The summed E-state index contributed by atoms with van der Waals surface area (Å²) in [5.74, 6) is -3.82. The predicted molar refractivity (Wildman–Crippen MR) is 532 cm³/mol. The molecule has 3 aromatic rings. The second-order valence-electron chi connectivity index (χ2n) is 32.3. The number of aliphatic carboxylic acids is 7. The number of carbonyl (C=O) groups excluding carboxylic acids is 6. The minimum absolute atomic E-state index is 0.00601. The first kappa shape index (κ1) is 124. The number of nitrogens with zero attached hydrogens (tertiary/aromatic N) is 6. The van der Waals surface area contributed by atoms with Gasteiger partial charge in [0.2, 0.25) is 23.6 Å². The number of ether oxygens (including phenoxy) is 11. The summed E-state index contributed by atoms with van der Waals surface area (Å²) in [6.07, 6.45) is 6.98. The molecule has 1 unspecified atom stereocenters. The Morgan fingerprint density at radius 2 is 0.859 bits per heavy atom. The van der Waals surface area contributed by atoms with Gasteiger partial charge in [0.05, 0.1) is 178 Å². The van der Waals surface area contributed by atoms with E-state index in [0.29, 0.717) is 152 Å². The van der Waals surface area contributed by atoms with Crippen molar-refractivity contribution in [2.45, 2.75) is 120 Å². The highest BCUT2D eigenvalue weighted by Crippen LogP contribution is 2.19. The van der Waals surface area contributed by atoms with Crippen molar-refractivity contribution < 1.29 is 150 Å². The van der Waals surface area contributed by atoms with Crippen molar-refractivity contribution in [3.8, 4) is 0 Å². The summed E-state index contributed by atoms with van der Waals surface area (Å²) in [4.78, 5) is 169. The van der Waals surface area contributed by atoms with E-state index in [1.54, 1.807) is 56.0 Å². The maximum Gasteiger partial charge on any atom is 0.326 e. The Morgan fingerprint density at radius 3 is 1.36 bits per heavy atom. The van der Waals surface area contributed by atoms with Crippen molar-refractivity contribution in [3.05, 3.63) is 93.1 Å². The van der Waals surface area contributed by atoms with Crippen LogP contribution in [-0.4, -0.2) is 431 Å². The fraction of sp³-hybridized carbons (Fsp3) is 0.630. The van der Waals surface area contributed by atoms with Crippen LogP contribution >= 0.6 is 34.8 Å². The molecule has 1 aliphatic heterocycles. The van der Waals surface area contributed by atoms with Crippen LogP contribution < -0.4 is 59.0 Å². The average Bonchev–Trinajstić information content (AvgIpc) is 0.808. The lowest BCUT2D eigenvalue weighted by Gasteiger charge is -2.37.